The summed E-state index contributed by atoms with van der Waals surface area (Å²) in [6, 6.07) is 5.67. The second kappa shape index (κ2) is 6.16. The lowest BCUT2D eigenvalue weighted by Crippen LogP contribution is -2.48. The van der Waals surface area contributed by atoms with Gasteiger partial charge in [-0.3, -0.25) is 4.79 Å². The van der Waals surface area contributed by atoms with E-state index >= 15 is 0 Å². The van der Waals surface area contributed by atoms with Gasteiger partial charge < -0.3 is 15.5 Å². The fourth-order valence-corrected chi connectivity index (χ4v) is 2.19. The first kappa shape index (κ1) is 17.0. The Morgan fingerprint density at radius 1 is 1.45 bits per heavy atom. The molecule has 1 aromatic carbocycles. The number of nitrogens with one attached hydrogen (secondary N) is 1. The van der Waals surface area contributed by atoms with Crippen molar-refractivity contribution in [2.75, 3.05) is 6.54 Å². The summed E-state index contributed by atoms with van der Waals surface area (Å²) in [6.45, 7) is 5.99. The molecule has 4 nitrogen and oxygen atoms in total. The number of carbonyl (C=O) groups is 1. The summed E-state index contributed by atoms with van der Waals surface area (Å²) in [5.74, 6) is 0.106. The molecule has 2 aromatic rings. The van der Waals surface area contributed by atoms with Crippen LogP contribution in [-0.2, 0) is 0 Å². The average molecular weight is 362 g/mol. The highest BCUT2D eigenvalue weighted by molar-refractivity contribution is 9.10. The summed E-state index contributed by atoms with van der Waals surface area (Å²) in [5.41, 5.74) is 6.70. The van der Waals surface area contributed by atoms with Crippen molar-refractivity contribution in [3.8, 4) is 0 Å². The van der Waals surface area contributed by atoms with Crippen molar-refractivity contribution in [1.29, 1.82) is 0 Å². The van der Waals surface area contributed by atoms with Gasteiger partial charge >= 0.3 is 0 Å². The Kier molecular flexibility index (Phi) is 5.24. The highest BCUT2D eigenvalue weighted by Crippen LogP contribution is 2.28. The van der Waals surface area contributed by atoms with Crippen LogP contribution in [0.2, 0.25) is 0 Å². The number of amides is 1. The largest absolute Gasteiger partial charge is 0.451 e. The quantitative estimate of drug-likeness (QED) is 0.880. The van der Waals surface area contributed by atoms with Crippen LogP contribution in [0.4, 0.5) is 0 Å². The molecule has 1 aromatic heterocycles. The van der Waals surface area contributed by atoms with Crippen LogP contribution >= 0.6 is 28.3 Å². The monoisotopic (exact) mass is 360 g/mol. The lowest BCUT2D eigenvalue weighted by atomic mass is 10.1. The molecule has 0 saturated carbocycles. The highest BCUT2D eigenvalue weighted by atomic mass is 79.9. The van der Waals surface area contributed by atoms with Gasteiger partial charge in [0.15, 0.2) is 5.76 Å². The van der Waals surface area contributed by atoms with Crippen LogP contribution in [0.1, 0.15) is 30.0 Å². The van der Waals surface area contributed by atoms with E-state index in [1.807, 2.05) is 39.0 Å². The third-order valence-electron chi connectivity index (χ3n) is 3.07. The third-order valence-corrected chi connectivity index (χ3v) is 3.56. The van der Waals surface area contributed by atoms with Crippen molar-refractivity contribution in [3.05, 3.63) is 34.0 Å². The molecule has 0 radical (unpaired) electrons. The van der Waals surface area contributed by atoms with Crippen LogP contribution in [0, 0.1) is 6.92 Å². The van der Waals surface area contributed by atoms with E-state index in [1.54, 1.807) is 0 Å². The molecule has 0 aliphatic heterocycles. The van der Waals surface area contributed by atoms with Gasteiger partial charge in [-0.05, 0) is 39.0 Å². The van der Waals surface area contributed by atoms with Crippen molar-refractivity contribution in [1.82, 2.24) is 5.32 Å². The molecule has 0 bridgehead atoms. The van der Waals surface area contributed by atoms with Crippen molar-refractivity contribution in [2.45, 2.75) is 26.3 Å². The molecule has 0 saturated heterocycles. The maximum absolute atomic E-state index is 12.2. The van der Waals surface area contributed by atoms with Crippen LogP contribution in [0.5, 0.6) is 0 Å². The number of hydrogen-bond acceptors (Lipinski definition) is 3. The summed E-state index contributed by atoms with van der Waals surface area (Å²) in [5, 5.41) is 3.80. The van der Waals surface area contributed by atoms with Crippen molar-refractivity contribution >= 4 is 45.2 Å². The number of carbonyl (C=O) groups excluding carboxylic acids is 1. The Morgan fingerprint density at radius 2 is 2.10 bits per heavy atom. The molecule has 1 heterocycles. The molecule has 20 heavy (non-hydrogen) atoms. The molecule has 0 aliphatic carbocycles. The van der Waals surface area contributed by atoms with E-state index in [4.69, 9.17) is 10.2 Å². The average Bonchev–Trinajstić information content (AvgIpc) is 2.66. The number of furan rings is 1. The summed E-state index contributed by atoms with van der Waals surface area (Å²) in [7, 11) is 0. The number of halogens is 2. The van der Waals surface area contributed by atoms with Gasteiger partial charge in [0.2, 0.25) is 0 Å². The topological polar surface area (TPSA) is 68.3 Å². The zero-order valence-electron chi connectivity index (χ0n) is 11.6. The van der Waals surface area contributed by atoms with Gasteiger partial charge in [-0.1, -0.05) is 15.9 Å². The van der Waals surface area contributed by atoms with Gasteiger partial charge in [0.1, 0.15) is 5.58 Å². The summed E-state index contributed by atoms with van der Waals surface area (Å²) in [6.07, 6.45) is 0. The van der Waals surface area contributed by atoms with Gasteiger partial charge in [-0.15, -0.1) is 12.4 Å². The van der Waals surface area contributed by atoms with Gasteiger partial charge in [-0.25, -0.2) is 0 Å². The van der Waals surface area contributed by atoms with Crippen LogP contribution in [0.3, 0.4) is 0 Å². The summed E-state index contributed by atoms with van der Waals surface area (Å²) in [4.78, 5) is 12.2. The first-order valence-corrected chi connectivity index (χ1v) is 6.84. The maximum atomic E-state index is 12.2. The molecule has 0 spiro atoms. The number of aryl methyl sites for hydroxylation is 1. The molecular weight excluding hydrogens is 344 g/mol. The van der Waals surface area contributed by atoms with E-state index in [9.17, 15) is 4.79 Å². The van der Waals surface area contributed by atoms with E-state index in [0.29, 0.717) is 17.9 Å². The molecule has 0 unspecified atom stereocenters. The zero-order valence-corrected chi connectivity index (χ0v) is 14.0. The maximum Gasteiger partial charge on any atom is 0.287 e. The molecular formula is C14H18BrClN2O2. The minimum Gasteiger partial charge on any atom is -0.451 e. The second-order valence-electron chi connectivity index (χ2n) is 5.24. The number of fused-ring (bicyclic) bond motifs is 1. The Balaban J connectivity index is 0.00000200. The van der Waals surface area contributed by atoms with E-state index in [1.165, 1.54) is 0 Å². The molecule has 1 amide bonds. The SMILES string of the molecule is Cc1c(C(=O)NC(C)(C)CN)oc2ccc(Br)cc12.Cl. The zero-order chi connectivity index (χ0) is 14.2. The molecule has 0 atom stereocenters. The molecule has 2 rings (SSSR count). The number of nitrogens with two attached hydrogens (primary N) is 1. The Hall–Kier alpha value is -1.04. The van der Waals surface area contributed by atoms with Gasteiger partial charge in [-0.2, -0.15) is 0 Å². The fraction of sp³-hybridized carbons (Fsp3) is 0.357. The predicted octanol–water partition coefficient (Wildman–Crippen LogP) is 3.39. The minimum absolute atomic E-state index is 0. The minimum atomic E-state index is -0.455. The first-order chi connectivity index (χ1) is 8.84. The van der Waals surface area contributed by atoms with Gasteiger partial charge in [0.05, 0.1) is 0 Å². The normalized spacial score (nSPS) is 11.2. The summed E-state index contributed by atoms with van der Waals surface area (Å²) < 4.78 is 6.59. The molecule has 110 valence electrons. The van der Waals surface area contributed by atoms with Crippen molar-refractivity contribution in [3.63, 3.8) is 0 Å². The molecule has 0 aliphatic rings. The lowest BCUT2D eigenvalue weighted by molar-refractivity contribution is 0.0888. The van der Waals surface area contributed by atoms with E-state index < -0.39 is 5.54 Å². The molecule has 6 heteroatoms. The fourth-order valence-electron chi connectivity index (χ4n) is 1.82. The smallest absolute Gasteiger partial charge is 0.287 e. The standard InChI is InChI=1S/C14H17BrN2O2.ClH/c1-8-10-6-9(15)4-5-11(10)19-12(8)13(18)17-14(2,3)7-16;/h4-6H,7,16H2,1-3H3,(H,17,18);1H. The lowest BCUT2D eigenvalue weighted by Gasteiger charge is -2.23. The first-order valence-electron chi connectivity index (χ1n) is 6.05. The summed E-state index contributed by atoms with van der Waals surface area (Å²) >= 11 is 3.41. The van der Waals surface area contributed by atoms with Crippen molar-refractivity contribution < 1.29 is 9.21 Å². The Morgan fingerprint density at radius 3 is 2.70 bits per heavy atom. The van der Waals surface area contributed by atoms with Gasteiger partial charge in [0, 0.05) is 27.5 Å². The number of rotatable bonds is 3. The second-order valence-corrected chi connectivity index (χ2v) is 6.15. The molecule has 3 N–H and O–H groups in total. The van der Waals surface area contributed by atoms with Crippen molar-refractivity contribution in [2.24, 2.45) is 5.73 Å². The number of hydrogen-bond donors (Lipinski definition) is 2. The van der Waals surface area contributed by atoms with Crippen LogP contribution in [0.25, 0.3) is 11.0 Å². The number of benzene rings is 1. The predicted molar refractivity (Wildman–Crippen MR) is 86.5 cm³/mol. The Bertz CT molecular complexity index is 637. The van der Waals surface area contributed by atoms with Crippen LogP contribution < -0.4 is 11.1 Å². The Labute approximate surface area is 132 Å². The van der Waals surface area contributed by atoms with E-state index in [0.717, 1.165) is 15.4 Å². The van der Waals surface area contributed by atoms with E-state index in [-0.39, 0.29) is 18.3 Å². The van der Waals surface area contributed by atoms with E-state index in [2.05, 4.69) is 21.2 Å². The highest BCUT2D eigenvalue weighted by Gasteiger charge is 2.24. The van der Waals surface area contributed by atoms with Gasteiger partial charge in [0.25, 0.3) is 5.91 Å². The third kappa shape index (κ3) is 3.34. The van der Waals surface area contributed by atoms with Crippen LogP contribution in [-0.4, -0.2) is 18.0 Å². The van der Waals surface area contributed by atoms with Crippen LogP contribution in [0.15, 0.2) is 27.1 Å². The molecule has 0 fully saturated rings.